The van der Waals surface area contributed by atoms with E-state index < -0.39 is 0 Å². The van der Waals surface area contributed by atoms with Crippen molar-refractivity contribution in [2.24, 2.45) is 17.8 Å². The number of hydrogen-bond donors (Lipinski definition) is 1. The van der Waals surface area contributed by atoms with Crippen LogP contribution in [0.15, 0.2) is 0 Å². The van der Waals surface area contributed by atoms with Crippen molar-refractivity contribution in [1.82, 2.24) is 15.1 Å². The SMILES string of the molecule is CC(=O)N1CCN(CCNC(=O)C2CCCCC2C(=O)C(C)C)CC1. The fourth-order valence-electron chi connectivity index (χ4n) is 3.97. The average Bonchev–Trinajstić information content (AvgIpc) is 2.61. The number of amides is 2. The number of Topliss-reactive ketones (excluding diaryl/α,β-unsaturated/α-hetero) is 1. The van der Waals surface area contributed by atoms with Gasteiger partial charge in [-0.05, 0) is 12.8 Å². The van der Waals surface area contributed by atoms with E-state index in [0.29, 0.717) is 6.54 Å². The maximum atomic E-state index is 12.6. The highest BCUT2D eigenvalue weighted by Gasteiger charge is 2.36. The van der Waals surface area contributed by atoms with Gasteiger partial charge < -0.3 is 10.2 Å². The molecule has 2 rings (SSSR count). The van der Waals surface area contributed by atoms with E-state index in [1.165, 1.54) is 0 Å². The van der Waals surface area contributed by atoms with Crippen molar-refractivity contribution in [2.45, 2.75) is 46.5 Å². The van der Waals surface area contributed by atoms with E-state index in [-0.39, 0.29) is 35.4 Å². The average molecular weight is 351 g/mol. The second kappa shape index (κ2) is 9.32. The molecule has 0 bridgehead atoms. The van der Waals surface area contributed by atoms with Gasteiger partial charge >= 0.3 is 0 Å². The van der Waals surface area contributed by atoms with Gasteiger partial charge in [-0.2, -0.15) is 0 Å². The Hall–Kier alpha value is -1.43. The molecule has 6 heteroatoms. The Labute approximate surface area is 151 Å². The first-order valence-corrected chi connectivity index (χ1v) is 9.69. The summed E-state index contributed by atoms with van der Waals surface area (Å²) in [6.45, 7) is 10.1. The molecule has 1 saturated carbocycles. The van der Waals surface area contributed by atoms with Crippen LogP contribution in [-0.2, 0) is 14.4 Å². The minimum atomic E-state index is -0.154. The van der Waals surface area contributed by atoms with Crippen molar-refractivity contribution in [3.8, 4) is 0 Å². The number of hydrogen-bond acceptors (Lipinski definition) is 4. The van der Waals surface area contributed by atoms with Gasteiger partial charge in [-0.15, -0.1) is 0 Å². The number of rotatable bonds is 6. The van der Waals surface area contributed by atoms with E-state index in [2.05, 4.69) is 10.2 Å². The Morgan fingerprint density at radius 3 is 2.16 bits per heavy atom. The van der Waals surface area contributed by atoms with Gasteiger partial charge in [0.1, 0.15) is 5.78 Å². The summed E-state index contributed by atoms with van der Waals surface area (Å²) in [4.78, 5) is 40.5. The summed E-state index contributed by atoms with van der Waals surface area (Å²) < 4.78 is 0. The molecule has 6 nitrogen and oxygen atoms in total. The van der Waals surface area contributed by atoms with Crippen LogP contribution in [0.4, 0.5) is 0 Å². The molecule has 0 aromatic heterocycles. The van der Waals surface area contributed by atoms with Gasteiger partial charge in [-0.1, -0.05) is 26.7 Å². The molecule has 1 saturated heterocycles. The van der Waals surface area contributed by atoms with Gasteiger partial charge in [0.15, 0.2) is 0 Å². The molecule has 0 radical (unpaired) electrons. The third kappa shape index (κ3) is 5.53. The molecule has 0 aromatic carbocycles. The van der Waals surface area contributed by atoms with Crippen molar-refractivity contribution < 1.29 is 14.4 Å². The highest BCUT2D eigenvalue weighted by atomic mass is 16.2. The second-order valence-electron chi connectivity index (χ2n) is 7.69. The zero-order valence-electron chi connectivity index (χ0n) is 15.9. The third-order valence-corrected chi connectivity index (χ3v) is 5.58. The van der Waals surface area contributed by atoms with Gasteiger partial charge in [-0.3, -0.25) is 19.3 Å². The normalized spacial score (nSPS) is 25.0. The van der Waals surface area contributed by atoms with E-state index in [9.17, 15) is 14.4 Å². The fraction of sp³-hybridized carbons (Fsp3) is 0.842. The summed E-state index contributed by atoms with van der Waals surface area (Å²) in [7, 11) is 0. The lowest BCUT2D eigenvalue weighted by atomic mass is 9.74. The number of carbonyl (C=O) groups is 3. The Kier molecular flexibility index (Phi) is 7.41. The first-order valence-electron chi connectivity index (χ1n) is 9.69. The molecule has 0 spiro atoms. The number of nitrogens with one attached hydrogen (secondary N) is 1. The zero-order chi connectivity index (χ0) is 18.4. The van der Waals surface area contributed by atoms with Crippen molar-refractivity contribution in [2.75, 3.05) is 39.3 Å². The summed E-state index contributed by atoms with van der Waals surface area (Å²) in [6.07, 6.45) is 3.76. The van der Waals surface area contributed by atoms with Crippen LogP contribution in [0, 0.1) is 17.8 Å². The summed E-state index contributed by atoms with van der Waals surface area (Å²) in [6, 6.07) is 0. The molecule has 25 heavy (non-hydrogen) atoms. The topological polar surface area (TPSA) is 69.7 Å². The van der Waals surface area contributed by atoms with Crippen molar-refractivity contribution in [3.05, 3.63) is 0 Å². The Balaban J connectivity index is 1.75. The van der Waals surface area contributed by atoms with Gasteiger partial charge in [-0.25, -0.2) is 0 Å². The number of ketones is 1. The van der Waals surface area contributed by atoms with Crippen LogP contribution in [0.1, 0.15) is 46.5 Å². The maximum absolute atomic E-state index is 12.6. The Morgan fingerprint density at radius 2 is 1.60 bits per heavy atom. The summed E-state index contributed by atoms with van der Waals surface area (Å²) >= 11 is 0. The maximum Gasteiger partial charge on any atom is 0.223 e. The summed E-state index contributed by atoms with van der Waals surface area (Å²) in [5.74, 6) is 0.148. The highest BCUT2D eigenvalue weighted by Crippen LogP contribution is 2.32. The van der Waals surface area contributed by atoms with E-state index in [0.717, 1.165) is 58.4 Å². The number of nitrogens with zero attached hydrogens (tertiary/aromatic N) is 2. The first-order chi connectivity index (χ1) is 11.9. The Bertz CT molecular complexity index is 484. The molecule has 1 aliphatic carbocycles. The van der Waals surface area contributed by atoms with Crippen molar-refractivity contribution in [1.29, 1.82) is 0 Å². The van der Waals surface area contributed by atoms with Gasteiger partial charge in [0.25, 0.3) is 0 Å². The van der Waals surface area contributed by atoms with Crippen LogP contribution in [0.5, 0.6) is 0 Å². The van der Waals surface area contributed by atoms with Crippen LogP contribution in [0.25, 0.3) is 0 Å². The van der Waals surface area contributed by atoms with Gasteiger partial charge in [0, 0.05) is 63.9 Å². The third-order valence-electron chi connectivity index (χ3n) is 5.58. The lowest BCUT2D eigenvalue weighted by Gasteiger charge is -2.34. The molecule has 142 valence electrons. The molecule has 2 aliphatic rings. The predicted octanol–water partition coefficient (Wildman–Crippen LogP) is 1.30. The van der Waals surface area contributed by atoms with Crippen LogP contribution in [0.3, 0.4) is 0 Å². The summed E-state index contributed by atoms with van der Waals surface area (Å²) in [5, 5.41) is 3.04. The monoisotopic (exact) mass is 351 g/mol. The molecule has 0 aromatic rings. The molecular weight excluding hydrogens is 318 g/mol. The van der Waals surface area contributed by atoms with Crippen molar-refractivity contribution >= 4 is 17.6 Å². The van der Waals surface area contributed by atoms with Crippen LogP contribution in [0.2, 0.25) is 0 Å². The molecular formula is C19H33N3O3. The Morgan fingerprint density at radius 1 is 1.00 bits per heavy atom. The molecule has 1 heterocycles. The van der Waals surface area contributed by atoms with E-state index in [4.69, 9.17) is 0 Å². The largest absolute Gasteiger partial charge is 0.355 e. The standard InChI is InChI=1S/C19H33N3O3/c1-14(2)18(24)16-6-4-5-7-17(16)19(25)20-8-9-21-10-12-22(13-11-21)15(3)23/h14,16-17H,4-13H2,1-3H3,(H,20,25). The van der Waals surface area contributed by atoms with Gasteiger partial charge in [0.2, 0.25) is 11.8 Å². The second-order valence-corrected chi connectivity index (χ2v) is 7.69. The van der Waals surface area contributed by atoms with E-state index in [1.807, 2.05) is 18.7 Å². The summed E-state index contributed by atoms with van der Waals surface area (Å²) in [5.41, 5.74) is 0. The molecule has 1 aliphatic heterocycles. The molecule has 2 fully saturated rings. The highest BCUT2D eigenvalue weighted by molar-refractivity contribution is 5.90. The molecule has 2 atom stereocenters. The number of piperazine rings is 1. The number of carbonyl (C=O) groups excluding carboxylic acids is 3. The lowest BCUT2D eigenvalue weighted by molar-refractivity contribution is -0.137. The van der Waals surface area contributed by atoms with Crippen molar-refractivity contribution in [3.63, 3.8) is 0 Å². The quantitative estimate of drug-likeness (QED) is 0.783. The van der Waals surface area contributed by atoms with Crippen LogP contribution >= 0.6 is 0 Å². The minimum Gasteiger partial charge on any atom is -0.355 e. The van der Waals surface area contributed by atoms with E-state index in [1.54, 1.807) is 6.92 Å². The van der Waals surface area contributed by atoms with Crippen LogP contribution in [-0.4, -0.2) is 66.7 Å². The predicted molar refractivity (Wildman–Crippen MR) is 97.0 cm³/mol. The van der Waals surface area contributed by atoms with Crippen LogP contribution < -0.4 is 5.32 Å². The first kappa shape index (κ1) is 19.9. The fourth-order valence-corrected chi connectivity index (χ4v) is 3.97. The van der Waals surface area contributed by atoms with E-state index >= 15 is 0 Å². The molecule has 2 amide bonds. The minimum absolute atomic E-state index is 0.00373. The van der Waals surface area contributed by atoms with Gasteiger partial charge in [0.05, 0.1) is 0 Å². The lowest BCUT2D eigenvalue weighted by Crippen LogP contribution is -2.50. The zero-order valence-corrected chi connectivity index (χ0v) is 15.9. The molecule has 1 N–H and O–H groups in total. The molecule has 2 unspecified atom stereocenters. The smallest absolute Gasteiger partial charge is 0.223 e.